The Morgan fingerprint density at radius 3 is 2.59 bits per heavy atom. The topological polar surface area (TPSA) is 69.7 Å². The number of carbonyl (C=O) groups is 3. The van der Waals surface area contributed by atoms with Crippen molar-refractivity contribution in [1.29, 1.82) is 0 Å². The van der Waals surface area contributed by atoms with Gasteiger partial charge in [0.05, 0.1) is 10.8 Å². The molecule has 0 radical (unpaired) electrons. The molecule has 2 fully saturated rings. The molecule has 1 N–H and O–H groups in total. The summed E-state index contributed by atoms with van der Waals surface area (Å²) in [6, 6.07) is 11.8. The van der Waals surface area contributed by atoms with Gasteiger partial charge in [-0.25, -0.2) is 0 Å². The molecule has 0 spiro atoms. The van der Waals surface area contributed by atoms with Crippen LogP contribution in [0.2, 0.25) is 0 Å². The molecule has 3 heterocycles. The molecule has 7 heteroatoms. The van der Waals surface area contributed by atoms with Crippen LogP contribution < -0.4 is 5.32 Å². The van der Waals surface area contributed by atoms with E-state index in [4.69, 9.17) is 0 Å². The Kier molecular flexibility index (Phi) is 6.99. The number of hydrogen-bond acceptors (Lipinski definition) is 4. The second-order valence-corrected chi connectivity index (χ2v) is 10.7. The van der Waals surface area contributed by atoms with Gasteiger partial charge in [0.1, 0.15) is 0 Å². The highest BCUT2D eigenvalue weighted by Gasteiger charge is 2.46. The van der Waals surface area contributed by atoms with Crippen molar-refractivity contribution >= 4 is 29.1 Å². The van der Waals surface area contributed by atoms with Gasteiger partial charge in [-0.15, -0.1) is 11.3 Å². The maximum absolute atomic E-state index is 13.6. The molecule has 180 valence electrons. The molecule has 2 aromatic rings. The zero-order valence-electron chi connectivity index (χ0n) is 19.6. The number of nitrogens with zero attached hydrogens (tertiary/aromatic N) is 2. The van der Waals surface area contributed by atoms with Crippen LogP contribution in [0, 0.1) is 11.8 Å². The fraction of sp³-hybridized carbons (Fsp3) is 0.519. The second kappa shape index (κ2) is 10.3. The van der Waals surface area contributed by atoms with Gasteiger partial charge in [-0.1, -0.05) is 43.2 Å². The van der Waals surface area contributed by atoms with Crippen LogP contribution in [0.4, 0.5) is 0 Å². The number of carbonyl (C=O) groups excluding carboxylic acids is 3. The molecular formula is C27H33N3O3S. The lowest BCUT2D eigenvalue weighted by Gasteiger charge is -2.33. The number of amides is 3. The average Bonchev–Trinajstić information content (AvgIpc) is 3.55. The van der Waals surface area contributed by atoms with Crippen molar-refractivity contribution in [3.8, 4) is 0 Å². The van der Waals surface area contributed by atoms with Gasteiger partial charge >= 0.3 is 0 Å². The molecule has 5 rings (SSSR count). The number of rotatable bonds is 2. The van der Waals surface area contributed by atoms with Crippen molar-refractivity contribution in [2.24, 2.45) is 11.8 Å². The summed E-state index contributed by atoms with van der Waals surface area (Å²) in [5.41, 5.74) is 2.53. The molecule has 0 unspecified atom stereocenters. The molecule has 3 amide bonds. The van der Waals surface area contributed by atoms with E-state index in [0.29, 0.717) is 43.9 Å². The summed E-state index contributed by atoms with van der Waals surface area (Å²) in [6.07, 6.45) is 5.91. The molecule has 34 heavy (non-hydrogen) atoms. The lowest BCUT2D eigenvalue weighted by Crippen LogP contribution is -2.47. The van der Waals surface area contributed by atoms with Crippen LogP contribution in [-0.4, -0.2) is 53.2 Å². The van der Waals surface area contributed by atoms with Gasteiger partial charge in [0, 0.05) is 38.1 Å². The molecule has 3 aliphatic rings. The van der Waals surface area contributed by atoms with E-state index in [0.717, 1.165) is 32.1 Å². The van der Waals surface area contributed by atoms with Crippen LogP contribution in [0.25, 0.3) is 0 Å². The van der Waals surface area contributed by atoms with Gasteiger partial charge in [0.15, 0.2) is 0 Å². The number of benzene rings is 1. The highest BCUT2D eigenvalue weighted by Crippen LogP contribution is 2.38. The maximum atomic E-state index is 13.6. The molecule has 1 aromatic heterocycles. The minimum absolute atomic E-state index is 0.00274. The monoisotopic (exact) mass is 479 g/mol. The van der Waals surface area contributed by atoms with Crippen molar-refractivity contribution in [2.75, 3.05) is 19.6 Å². The molecule has 1 saturated carbocycles. The van der Waals surface area contributed by atoms with E-state index in [1.54, 1.807) is 0 Å². The van der Waals surface area contributed by atoms with Gasteiger partial charge < -0.3 is 15.1 Å². The minimum Gasteiger partial charge on any atom is -0.356 e. The van der Waals surface area contributed by atoms with Crippen LogP contribution in [0.3, 0.4) is 0 Å². The van der Waals surface area contributed by atoms with E-state index in [1.165, 1.54) is 22.5 Å². The summed E-state index contributed by atoms with van der Waals surface area (Å²) in [5.74, 6) is -0.446. The van der Waals surface area contributed by atoms with Crippen LogP contribution in [0.1, 0.15) is 59.3 Å². The first-order valence-electron chi connectivity index (χ1n) is 12.6. The van der Waals surface area contributed by atoms with Crippen molar-refractivity contribution in [2.45, 2.75) is 57.5 Å². The summed E-state index contributed by atoms with van der Waals surface area (Å²) in [4.78, 5) is 44.9. The summed E-state index contributed by atoms with van der Waals surface area (Å²) >= 11 is 1.44. The van der Waals surface area contributed by atoms with E-state index in [2.05, 4.69) is 23.5 Å². The second-order valence-electron chi connectivity index (χ2n) is 9.80. The number of thiophene rings is 1. The number of hydrogen-bond donors (Lipinski definition) is 1. The fourth-order valence-corrected chi connectivity index (χ4v) is 6.53. The summed E-state index contributed by atoms with van der Waals surface area (Å²) in [6.45, 7) is 2.65. The molecule has 6 nitrogen and oxygen atoms in total. The highest BCUT2D eigenvalue weighted by atomic mass is 32.1. The Bertz CT molecular complexity index is 1040. The van der Waals surface area contributed by atoms with Crippen molar-refractivity contribution < 1.29 is 14.4 Å². The van der Waals surface area contributed by atoms with Gasteiger partial charge in [-0.2, -0.15) is 0 Å². The van der Waals surface area contributed by atoms with E-state index in [-0.39, 0.29) is 35.6 Å². The molecule has 3 atom stereocenters. The Morgan fingerprint density at radius 2 is 1.76 bits per heavy atom. The maximum Gasteiger partial charge on any atom is 0.264 e. The fourth-order valence-electron chi connectivity index (χ4n) is 5.85. The molecule has 1 aliphatic carbocycles. The van der Waals surface area contributed by atoms with Crippen molar-refractivity contribution in [1.82, 2.24) is 15.1 Å². The van der Waals surface area contributed by atoms with Crippen LogP contribution in [0.15, 0.2) is 41.8 Å². The van der Waals surface area contributed by atoms with E-state index in [1.807, 2.05) is 33.4 Å². The predicted octanol–water partition coefficient (Wildman–Crippen LogP) is 3.86. The first kappa shape index (κ1) is 23.1. The van der Waals surface area contributed by atoms with E-state index in [9.17, 15) is 14.4 Å². The third-order valence-corrected chi connectivity index (χ3v) is 8.53. The lowest BCUT2D eigenvalue weighted by molar-refractivity contribution is -0.136. The van der Waals surface area contributed by atoms with Gasteiger partial charge in [0.25, 0.3) is 5.91 Å². The quantitative estimate of drug-likeness (QED) is 0.711. The van der Waals surface area contributed by atoms with Crippen LogP contribution >= 0.6 is 11.3 Å². The Hall–Kier alpha value is -2.67. The van der Waals surface area contributed by atoms with Crippen LogP contribution in [-0.2, 0) is 22.6 Å². The highest BCUT2D eigenvalue weighted by molar-refractivity contribution is 7.12. The SMILES string of the molecule is O=C1NCCCCCCN(C(=O)c2cccs2)[C@H]2C[C@H](C(=O)N3CCc4ccccc4C3)C[C@@H]12. The predicted molar refractivity (Wildman–Crippen MR) is 132 cm³/mol. The smallest absolute Gasteiger partial charge is 0.264 e. The van der Waals surface area contributed by atoms with Crippen molar-refractivity contribution in [3.05, 3.63) is 57.8 Å². The minimum atomic E-state index is -0.340. The van der Waals surface area contributed by atoms with Crippen LogP contribution in [0.5, 0.6) is 0 Å². The van der Waals surface area contributed by atoms with Gasteiger partial charge in [0.2, 0.25) is 11.8 Å². The number of fused-ring (bicyclic) bond motifs is 2. The summed E-state index contributed by atoms with van der Waals surface area (Å²) in [7, 11) is 0. The third-order valence-electron chi connectivity index (χ3n) is 7.68. The lowest BCUT2D eigenvalue weighted by atomic mass is 9.97. The Labute approximate surface area is 205 Å². The van der Waals surface area contributed by atoms with E-state index < -0.39 is 0 Å². The molecule has 2 aliphatic heterocycles. The summed E-state index contributed by atoms with van der Waals surface area (Å²) in [5, 5.41) is 5.01. The molecule has 1 saturated heterocycles. The Morgan fingerprint density at radius 1 is 0.941 bits per heavy atom. The first-order valence-corrected chi connectivity index (χ1v) is 13.5. The molecule has 0 bridgehead atoms. The molecular weight excluding hydrogens is 446 g/mol. The normalized spacial score (nSPS) is 25.6. The first-order chi connectivity index (χ1) is 16.6. The van der Waals surface area contributed by atoms with Gasteiger partial charge in [-0.05, 0) is 54.7 Å². The van der Waals surface area contributed by atoms with Gasteiger partial charge in [-0.3, -0.25) is 14.4 Å². The zero-order valence-corrected chi connectivity index (χ0v) is 20.4. The largest absolute Gasteiger partial charge is 0.356 e. The zero-order chi connectivity index (χ0) is 23.5. The average molecular weight is 480 g/mol. The standard InChI is InChI=1S/C27H33N3O3S/c31-25-22-16-21(26(32)29-14-11-19-8-3-4-9-20(19)18-29)17-23(22)30(13-6-2-1-5-12-28-25)27(33)24-10-7-15-34-24/h3-4,7-10,15,21-23H,1-2,5-6,11-14,16-18H2,(H,28,31)/t21-,22-,23+/m1/s1. The summed E-state index contributed by atoms with van der Waals surface area (Å²) < 4.78 is 0. The Balaban J connectivity index is 1.38. The third kappa shape index (κ3) is 4.76. The molecule has 1 aromatic carbocycles. The number of nitrogens with one attached hydrogen (secondary N) is 1. The van der Waals surface area contributed by atoms with Crippen molar-refractivity contribution in [3.63, 3.8) is 0 Å². The van der Waals surface area contributed by atoms with E-state index >= 15 is 0 Å².